The van der Waals surface area contributed by atoms with Gasteiger partial charge in [-0.2, -0.15) is 0 Å². The predicted octanol–water partition coefficient (Wildman–Crippen LogP) is 3.12. The summed E-state index contributed by atoms with van der Waals surface area (Å²) in [4.78, 5) is 0. The summed E-state index contributed by atoms with van der Waals surface area (Å²) in [5.41, 5.74) is 3.62. The Labute approximate surface area is 110 Å². The van der Waals surface area contributed by atoms with Crippen LogP contribution in [0.15, 0.2) is 28.7 Å². The fourth-order valence-electron chi connectivity index (χ4n) is 3.94. The Kier molecular flexibility index (Phi) is 2.44. The molecule has 2 saturated carbocycles. The number of halogens is 1. The van der Waals surface area contributed by atoms with Crippen molar-refractivity contribution < 1.29 is 8.81 Å². The molecule has 3 atom stereocenters. The molecule has 4 rings (SSSR count). The van der Waals surface area contributed by atoms with Crippen LogP contribution < -0.4 is 11.3 Å². The summed E-state index contributed by atoms with van der Waals surface area (Å²) in [5.74, 6) is 8.50. The molecule has 2 aliphatic rings. The summed E-state index contributed by atoms with van der Waals surface area (Å²) in [5, 5.41) is 0.807. The highest BCUT2D eigenvalue weighted by Gasteiger charge is 2.56. The van der Waals surface area contributed by atoms with Crippen molar-refractivity contribution >= 4 is 11.0 Å². The molecule has 0 amide bonds. The van der Waals surface area contributed by atoms with Crippen LogP contribution in [0.1, 0.15) is 31.1 Å². The molecule has 0 bridgehead atoms. The van der Waals surface area contributed by atoms with E-state index >= 15 is 0 Å². The summed E-state index contributed by atoms with van der Waals surface area (Å²) in [6.45, 7) is 0. The lowest BCUT2D eigenvalue weighted by Crippen LogP contribution is -2.30. The van der Waals surface area contributed by atoms with Crippen LogP contribution in [-0.2, 0) is 0 Å². The summed E-state index contributed by atoms with van der Waals surface area (Å²) >= 11 is 0. The van der Waals surface area contributed by atoms with Gasteiger partial charge >= 0.3 is 0 Å². The fourth-order valence-corrected chi connectivity index (χ4v) is 3.94. The maximum absolute atomic E-state index is 13.2. The smallest absolute Gasteiger partial charge is 0.134 e. The molecule has 0 spiro atoms. The topological polar surface area (TPSA) is 51.2 Å². The number of fused-ring (bicyclic) bond motifs is 2. The highest BCUT2D eigenvalue weighted by molar-refractivity contribution is 5.78. The number of benzene rings is 1. The monoisotopic (exact) mass is 260 g/mol. The summed E-state index contributed by atoms with van der Waals surface area (Å²) < 4.78 is 19.0. The lowest BCUT2D eigenvalue weighted by molar-refractivity contribution is 0.363. The van der Waals surface area contributed by atoms with Crippen molar-refractivity contribution in [2.24, 2.45) is 23.6 Å². The lowest BCUT2D eigenvalue weighted by Gasteiger charge is -2.15. The Balaban J connectivity index is 1.68. The molecule has 1 aromatic carbocycles. The third-order valence-electron chi connectivity index (χ3n) is 4.84. The second-order valence-corrected chi connectivity index (χ2v) is 5.81. The maximum atomic E-state index is 13.2. The van der Waals surface area contributed by atoms with E-state index < -0.39 is 0 Å². The number of nitrogens with two attached hydrogens (primary N) is 1. The molecule has 4 heteroatoms. The molecule has 100 valence electrons. The second kappa shape index (κ2) is 4.05. The van der Waals surface area contributed by atoms with Gasteiger partial charge in [0.1, 0.15) is 17.2 Å². The van der Waals surface area contributed by atoms with Crippen molar-refractivity contribution in [3.63, 3.8) is 0 Å². The molecule has 1 heterocycles. The van der Waals surface area contributed by atoms with E-state index in [0.717, 1.165) is 28.6 Å². The third-order valence-corrected chi connectivity index (χ3v) is 4.84. The van der Waals surface area contributed by atoms with Crippen LogP contribution in [-0.4, -0.2) is 0 Å². The van der Waals surface area contributed by atoms with Crippen LogP contribution in [0.25, 0.3) is 11.0 Å². The van der Waals surface area contributed by atoms with Crippen molar-refractivity contribution in [1.82, 2.24) is 5.43 Å². The standard InChI is InChI=1S/C15H17FN2O/c16-9-4-5-12-8(6-9)7-13(19-12)15(18-17)14-10-2-1-3-11(10)14/h4-7,10-11,14-15,18H,1-3,17H2. The fraction of sp³-hybridized carbons (Fsp3) is 0.467. The van der Waals surface area contributed by atoms with E-state index in [9.17, 15) is 4.39 Å². The highest BCUT2D eigenvalue weighted by Crippen LogP contribution is 2.62. The van der Waals surface area contributed by atoms with Crippen molar-refractivity contribution in [2.75, 3.05) is 0 Å². The molecule has 0 aliphatic heterocycles. The highest BCUT2D eigenvalue weighted by atomic mass is 19.1. The molecule has 2 aromatic rings. The van der Waals surface area contributed by atoms with E-state index in [1.54, 1.807) is 6.07 Å². The van der Waals surface area contributed by atoms with Crippen LogP contribution in [0.2, 0.25) is 0 Å². The van der Waals surface area contributed by atoms with Crippen molar-refractivity contribution in [3.8, 4) is 0 Å². The maximum Gasteiger partial charge on any atom is 0.134 e. The molecule has 0 saturated heterocycles. The van der Waals surface area contributed by atoms with E-state index in [4.69, 9.17) is 10.3 Å². The normalized spacial score (nSPS) is 30.5. The van der Waals surface area contributed by atoms with E-state index in [0.29, 0.717) is 5.92 Å². The largest absolute Gasteiger partial charge is 0.459 e. The van der Waals surface area contributed by atoms with Crippen LogP contribution >= 0.6 is 0 Å². The third kappa shape index (κ3) is 1.70. The van der Waals surface area contributed by atoms with Gasteiger partial charge in [-0.3, -0.25) is 5.84 Å². The van der Waals surface area contributed by atoms with Crippen molar-refractivity contribution in [1.29, 1.82) is 0 Å². The van der Waals surface area contributed by atoms with Gasteiger partial charge in [0.15, 0.2) is 0 Å². The average molecular weight is 260 g/mol. The number of hydrogen-bond donors (Lipinski definition) is 2. The van der Waals surface area contributed by atoms with Gasteiger partial charge in [0.2, 0.25) is 0 Å². The van der Waals surface area contributed by atoms with Gasteiger partial charge < -0.3 is 4.42 Å². The number of rotatable bonds is 3. The molecule has 3 nitrogen and oxygen atoms in total. The number of hydrogen-bond acceptors (Lipinski definition) is 3. The molecule has 19 heavy (non-hydrogen) atoms. The molecule has 0 radical (unpaired) electrons. The van der Waals surface area contributed by atoms with Crippen LogP contribution in [0.4, 0.5) is 4.39 Å². The Morgan fingerprint density at radius 3 is 2.79 bits per heavy atom. The first-order valence-corrected chi connectivity index (χ1v) is 6.93. The molecule has 2 aliphatic carbocycles. The number of furan rings is 1. The summed E-state index contributed by atoms with van der Waals surface area (Å²) in [7, 11) is 0. The van der Waals surface area contributed by atoms with Crippen LogP contribution in [0.3, 0.4) is 0 Å². The quantitative estimate of drug-likeness (QED) is 0.658. The Morgan fingerprint density at radius 1 is 1.26 bits per heavy atom. The lowest BCUT2D eigenvalue weighted by atomic mass is 10.0. The molecule has 3 unspecified atom stereocenters. The minimum atomic E-state index is -0.236. The average Bonchev–Trinajstić information content (AvgIpc) is 2.81. The minimum absolute atomic E-state index is 0.0609. The SMILES string of the molecule is NNC(c1cc2cc(F)ccc2o1)C1C2CCCC21. The molecular weight excluding hydrogens is 243 g/mol. The van der Waals surface area contributed by atoms with Crippen molar-refractivity contribution in [3.05, 3.63) is 35.8 Å². The molecular formula is C15H17FN2O. The molecule has 1 aromatic heterocycles. The second-order valence-electron chi connectivity index (χ2n) is 5.81. The first-order valence-electron chi connectivity index (χ1n) is 6.93. The Bertz CT molecular complexity index is 614. The zero-order valence-corrected chi connectivity index (χ0v) is 10.6. The molecule has 2 fully saturated rings. The van der Waals surface area contributed by atoms with E-state index in [1.165, 1.54) is 31.4 Å². The Morgan fingerprint density at radius 2 is 2.05 bits per heavy atom. The van der Waals surface area contributed by atoms with E-state index in [1.807, 2.05) is 6.07 Å². The number of nitrogens with one attached hydrogen (secondary N) is 1. The predicted molar refractivity (Wildman–Crippen MR) is 70.6 cm³/mol. The van der Waals surface area contributed by atoms with E-state index in [2.05, 4.69) is 5.43 Å². The van der Waals surface area contributed by atoms with Crippen LogP contribution in [0, 0.1) is 23.6 Å². The summed E-state index contributed by atoms with van der Waals surface area (Å²) in [6, 6.07) is 6.58. The first-order chi connectivity index (χ1) is 9.28. The number of hydrazine groups is 1. The van der Waals surface area contributed by atoms with Gasteiger partial charge in [0, 0.05) is 5.39 Å². The zero-order chi connectivity index (χ0) is 13.0. The van der Waals surface area contributed by atoms with Gasteiger partial charge in [-0.05, 0) is 54.9 Å². The van der Waals surface area contributed by atoms with E-state index in [-0.39, 0.29) is 11.9 Å². The van der Waals surface area contributed by atoms with Gasteiger partial charge in [-0.1, -0.05) is 6.42 Å². The van der Waals surface area contributed by atoms with Crippen molar-refractivity contribution in [2.45, 2.75) is 25.3 Å². The zero-order valence-electron chi connectivity index (χ0n) is 10.6. The van der Waals surface area contributed by atoms with Gasteiger partial charge in [-0.15, -0.1) is 0 Å². The minimum Gasteiger partial charge on any atom is -0.459 e. The van der Waals surface area contributed by atoms with Crippen LogP contribution in [0.5, 0.6) is 0 Å². The Hall–Kier alpha value is -1.39. The van der Waals surface area contributed by atoms with Gasteiger partial charge in [0.25, 0.3) is 0 Å². The molecule has 3 N–H and O–H groups in total. The summed E-state index contributed by atoms with van der Waals surface area (Å²) in [6.07, 6.45) is 3.96. The first kappa shape index (κ1) is 11.4. The van der Waals surface area contributed by atoms with Gasteiger partial charge in [-0.25, -0.2) is 9.82 Å². The van der Waals surface area contributed by atoms with Gasteiger partial charge in [0.05, 0.1) is 6.04 Å².